The maximum absolute atomic E-state index is 9.98. The van der Waals surface area contributed by atoms with Crippen LogP contribution in [0.4, 0.5) is 0 Å². The van der Waals surface area contributed by atoms with E-state index in [4.69, 9.17) is 0 Å². The van der Waals surface area contributed by atoms with Gasteiger partial charge < -0.3 is 5.11 Å². The van der Waals surface area contributed by atoms with Crippen LogP contribution in [-0.2, 0) is 0 Å². The van der Waals surface area contributed by atoms with Crippen molar-refractivity contribution in [2.75, 3.05) is 0 Å². The van der Waals surface area contributed by atoms with Crippen molar-refractivity contribution in [1.82, 2.24) is 0 Å². The van der Waals surface area contributed by atoms with Crippen LogP contribution in [0.25, 0.3) is 0 Å². The van der Waals surface area contributed by atoms with Crippen LogP contribution in [0.3, 0.4) is 0 Å². The van der Waals surface area contributed by atoms with E-state index in [0.717, 1.165) is 0 Å². The number of hydrogen-bond donors (Lipinski definition) is 1. The monoisotopic (exact) mass is 184 g/mol. The molecule has 0 radical (unpaired) electrons. The van der Waals surface area contributed by atoms with Crippen molar-refractivity contribution in [3.63, 3.8) is 0 Å². The Labute approximate surface area is 82.5 Å². The van der Waals surface area contributed by atoms with Gasteiger partial charge in [0.2, 0.25) is 0 Å². The average Bonchev–Trinajstić information content (AvgIpc) is 1.98. The van der Waals surface area contributed by atoms with E-state index in [2.05, 4.69) is 34.6 Å². The molecule has 13 heavy (non-hydrogen) atoms. The molecule has 0 amide bonds. The number of aliphatic hydroxyl groups excluding tert-OH is 1. The molecule has 0 aliphatic heterocycles. The van der Waals surface area contributed by atoms with Crippen molar-refractivity contribution in [3.8, 4) is 0 Å². The standard InChI is InChI=1S/C12H24O/c1-8-6-7-10(12(3,4)5)9(2)11(8)13/h8-11,13H,6-7H2,1-5H3. The number of aliphatic hydroxyl groups is 1. The minimum atomic E-state index is -0.0852. The van der Waals surface area contributed by atoms with Gasteiger partial charge in [-0.1, -0.05) is 34.6 Å². The zero-order valence-corrected chi connectivity index (χ0v) is 9.67. The van der Waals surface area contributed by atoms with Gasteiger partial charge in [-0.2, -0.15) is 0 Å². The first-order chi connectivity index (χ1) is 5.84. The molecule has 1 fully saturated rings. The molecule has 1 aliphatic carbocycles. The summed E-state index contributed by atoms with van der Waals surface area (Å²) in [5, 5.41) is 9.98. The van der Waals surface area contributed by atoms with Crippen molar-refractivity contribution in [2.45, 2.75) is 53.6 Å². The molecule has 4 atom stereocenters. The van der Waals surface area contributed by atoms with Crippen molar-refractivity contribution >= 4 is 0 Å². The lowest BCUT2D eigenvalue weighted by Gasteiger charge is -2.44. The second kappa shape index (κ2) is 3.61. The number of rotatable bonds is 0. The molecule has 0 aromatic heterocycles. The summed E-state index contributed by atoms with van der Waals surface area (Å²) >= 11 is 0. The lowest BCUT2D eigenvalue weighted by atomic mass is 9.63. The predicted molar refractivity (Wildman–Crippen MR) is 56.5 cm³/mol. The van der Waals surface area contributed by atoms with Gasteiger partial charge in [0.25, 0.3) is 0 Å². The molecule has 0 saturated heterocycles. The van der Waals surface area contributed by atoms with Crippen molar-refractivity contribution in [1.29, 1.82) is 0 Å². The van der Waals surface area contributed by atoms with E-state index in [1.807, 2.05) is 0 Å². The summed E-state index contributed by atoms with van der Waals surface area (Å²) in [4.78, 5) is 0. The summed E-state index contributed by atoms with van der Waals surface area (Å²) < 4.78 is 0. The topological polar surface area (TPSA) is 20.2 Å². The molecule has 0 aromatic rings. The molecule has 1 rings (SSSR count). The van der Waals surface area contributed by atoms with Crippen molar-refractivity contribution < 1.29 is 5.11 Å². The first-order valence-corrected chi connectivity index (χ1v) is 5.52. The van der Waals surface area contributed by atoms with Crippen LogP contribution in [0.15, 0.2) is 0 Å². The van der Waals surface area contributed by atoms with E-state index in [-0.39, 0.29) is 6.10 Å². The first-order valence-electron chi connectivity index (χ1n) is 5.52. The summed E-state index contributed by atoms with van der Waals surface area (Å²) in [7, 11) is 0. The number of hydrogen-bond acceptors (Lipinski definition) is 1. The van der Waals surface area contributed by atoms with Gasteiger partial charge in [-0.05, 0) is 36.0 Å². The Hall–Kier alpha value is -0.0400. The average molecular weight is 184 g/mol. The van der Waals surface area contributed by atoms with E-state index < -0.39 is 0 Å². The summed E-state index contributed by atoms with van der Waals surface area (Å²) in [6.07, 6.45) is 2.38. The summed E-state index contributed by atoms with van der Waals surface area (Å²) in [5.41, 5.74) is 0.348. The molecule has 1 N–H and O–H groups in total. The third kappa shape index (κ3) is 2.25. The lowest BCUT2D eigenvalue weighted by Crippen LogP contribution is -2.41. The Morgan fingerprint density at radius 2 is 1.62 bits per heavy atom. The normalized spacial score (nSPS) is 42.0. The highest BCUT2D eigenvalue weighted by atomic mass is 16.3. The smallest absolute Gasteiger partial charge is 0.0594 e. The van der Waals surface area contributed by atoms with Gasteiger partial charge in [-0.15, -0.1) is 0 Å². The molecule has 1 heteroatoms. The Morgan fingerprint density at radius 1 is 1.08 bits per heavy atom. The molecule has 0 aromatic carbocycles. The van der Waals surface area contributed by atoms with Crippen LogP contribution in [-0.4, -0.2) is 11.2 Å². The fourth-order valence-corrected chi connectivity index (χ4v) is 2.85. The second-order valence-corrected chi connectivity index (χ2v) is 5.88. The second-order valence-electron chi connectivity index (χ2n) is 5.88. The summed E-state index contributed by atoms with van der Waals surface area (Å²) in [5.74, 6) is 1.64. The van der Waals surface area contributed by atoms with Gasteiger partial charge in [-0.25, -0.2) is 0 Å². The van der Waals surface area contributed by atoms with Crippen molar-refractivity contribution in [2.24, 2.45) is 23.2 Å². The van der Waals surface area contributed by atoms with Crippen LogP contribution in [0, 0.1) is 23.2 Å². The SMILES string of the molecule is CC1CCC(C(C)(C)C)C(C)C1O. The Kier molecular flexibility index (Phi) is 3.06. The molecular weight excluding hydrogens is 160 g/mol. The van der Waals surface area contributed by atoms with E-state index in [1.165, 1.54) is 12.8 Å². The first kappa shape index (κ1) is 11.0. The van der Waals surface area contributed by atoms with Gasteiger partial charge in [0.1, 0.15) is 0 Å². The quantitative estimate of drug-likeness (QED) is 0.613. The van der Waals surface area contributed by atoms with Crippen LogP contribution < -0.4 is 0 Å². The van der Waals surface area contributed by atoms with E-state index in [9.17, 15) is 5.11 Å². The summed E-state index contributed by atoms with van der Waals surface area (Å²) in [6.45, 7) is 11.2. The van der Waals surface area contributed by atoms with E-state index in [0.29, 0.717) is 23.2 Å². The van der Waals surface area contributed by atoms with Gasteiger partial charge in [-0.3, -0.25) is 0 Å². The lowest BCUT2D eigenvalue weighted by molar-refractivity contribution is -0.0332. The highest BCUT2D eigenvalue weighted by molar-refractivity contribution is 4.88. The largest absolute Gasteiger partial charge is 0.393 e. The highest BCUT2D eigenvalue weighted by Crippen LogP contribution is 2.43. The molecule has 78 valence electrons. The molecule has 0 bridgehead atoms. The fraction of sp³-hybridized carbons (Fsp3) is 1.00. The molecule has 1 nitrogen and oxygen atoms in total. The van der Waals surface area contributed by atoms with E-state index in [1.54, 1.807) is 0 Å². The van der Waals surface area contributed by atoms with Crippen LogP contribution in [0.2, 0.25) is 0 Å². The van der Waals surface area contributed by atoms with Crippen LogP contribution in [0.5, 0.6) is 0 Å². The fourth-order valence-electron chi connectivity index (χ4n) is 2.85. The molecule has 4 unspecified atom stereocenters. The minimum Gasteiger partial charge on any atom is -0.393 e. The zero-order valence-electron chi connectivity index (χ0n) is 9.67. The highest BCUT2D eigenvalue weighted by Gasteiger charge is 2.38. The van der Waals surface area contributed by atoms with E-state index >= 15 is 0 Å². The predicted octanol–water partition coefficient (Wildman–Crippen LogP) is 3.08. The maximum Gasteiger partial charge on any atom is 0.0594 e. The van der Waals surface area contributed by atoms with Crippen LogP contribution >= 0.6 is 0 Å². The van der Waals surface area contributed by atoms with Gasteiger partial charge in [0.05, 0.1) is 6.10 Å². The molecule has 1 saturated carbocycles. The molecule has 0 spiro atoms. The molecule has 1 aliphatic rings. The Bertz CT molecular complexity index is 168. The van der Waals surface area contributed by atoms with Gasteiger partial charge in [0, 0.05) is 0 Å². The Balaban J connectivity index is 2.70. The minimum absolute atomic E-state index is 0.0852. The van der Waals surface area contributed by atoms with Gasteiger partial charge in [0.15, 0.2) is 0 Å². The maximum atomic E-state index is 9.98. The molecule has 0 heterocycles. The van der Waals surface area contributed by atoms with Crippen LogP contribution in [0.1, 0.15) is 47.5 Å². The van der Waals surface area contributed by atoms with Gasteiger partial charge >= 0.3 is 0 Å². The third-order valence-electron chi connectivity index (χ3n) is 3.80. The van der Waals surface area contributed by atoms with Crippen molar-refractivity contribution in [3.05, 3.63) is 0 Å². The summed E-state index contributed by atoms with van der Waals surface area (Å²) in [6, 6.07) is 0. The Morgan fingerprint density at radius 3 is 2.08 bits per heavy atom. The molecular formula is C12H24O. The third-order valence-corrected chi connectivity index (χ3v) is 3.80. The zero-order chi connectivity index (χ0) is 10.2.